The third-order valence-electron chi connectivity index (χ3n) is 3.46. The molecule has 1 aliphatic heterocycles. The van der Waals surface area contributed by atoms with Crippen LogP contribution in [0.4, 0.5) is 11.5 Å². The largest absolute Gasteiger partial charge is 0.506 e. The minimum absolute atomic E-state index is 0.186. The summed E-state index contributed by atoms with van der Waals surface area (Å²) in [4.78, 5) is 10.9. The maximum atomic E-state index is 9.18. The molecule has 1 aliphatic rings. The van der Waals surface area contributed by atoms with Crippen LogP contribution in [0.3, 0.4) is 0 Å². The van der Waals surface area contributed by atoms with E-state index in [1.807, 2.05) is 12.3 Å². The van der Waals surface area contributed by atoms with Crippen LogP contribution in [-0.2, 0) is 6.54 Å². The second kappa shape index (κ2) is 5.77. The van der Waals surface area contributed by atoms with Gasteiger partial charge in [0, 0.05) is 13.1 Å². The molecule has 0 saturated carbocycles. The molecule has 5 heteroatoms. The number of hydrogen-bond acceptors (Lipinski definition) is 5. The van der Waals surface area contributed by atoms with Crippen LogP contribution in [-0.4, -0.2) is 28.2 Å². The first-order valence-corrected chi connectivity index (χ1v) is 6.90. The molecule has 0 spiro atoms. The Balaban J connectivity index is 1.59. The Morgan fingerprint density at radius 1 is 1.05 bits per heavy atom. The van der Waals surface area contributed by atoms with Gasteiger partial charge >= 0.3 is 0 Å². The Morgan fingerprint density at radius 3 is 2.55 bits per heavy atom. The molecule has 1 fully saturated rings. The second-order valence-electron chi connectivity index (χ2n) is 4.96. The summed E-state index contributed by atoms with van der Waals surface area (Å²) in [6.07, 6.45) is 5.82. The molecule has 0 atom stereocenters. The molecule has 5 nitrogen and oxygen atoms in total. The molecule has 20 heavy (non-hydrogen) atoms. The zero-order valence-electron chi connectivity index (χ0n) is 11.3. The van der Waals surface area contributed by atoms with Crippen LogP contribution in [0.25, 0.3) is 0 Å². The molecule has 0 radical (unpaired) electrons. The minimum atomic E-state index is 0.186. The number of anilines is 2. The zero-order chi connectivity index (χ0) is 13.8. The second-order valence-corrected chi connectivity index (χ2v) is 4.96. The van der Waals surface area contributed by atoms with Crippen LogP contribution in [0.2, 0.25) is 0 Å². The van der Waals surface area contributed by atoms with Gasteiger partial charge in [-0.25, -0.2) is 4.98 Å². The van der Waals surface area contributed by atoms with E-state index in [2.05, 4.69) is 26.3 Å². The summed E-state index contributed by atoms with van der Waals surface area (Å²) in [5.74, 6) is 1.24. The van der Waals surface area contributed by atoms with Gasteiger partial charge in [0.2, 0.25) is 0 Å². The topological polar surface area (TPSA) is 61.3 Å². The van der Waals surface area contributed by atoms with E-state index in [4.69, 9.17) is 0 Å². The average Bonchev–Trinajstić information content (AvgIpc) is 3.01. The van der Waals surface area contributed by atoms with E-state index in [1.54, 1.807) is 12.1 Å². The molecule has 2 N–H and O–H groups in total. The molecule has 3 rings (SSSR count). The van der Waals surface area contributed by atoms with Gasteiger partial charge in [-0.3, -0.25) is 4.98 Å². The van der Waals surface area contributed by atoms with Gasteiger partial charge < -0.3 is 15.3 Å². The van der Waals surface area contributed by atoms with E-state index >= 15 is 0 Å². The molecule has 104 valence electrons. The number of rotatable bonds is 4. The molecule has 0 bridgehead atoms. The van der Waals surface area contributed by atoms with Crippen LogP contribution < -0.4 is 10.2 Å². The summed E-state index contributed by atoms with van der Waals surface area (Å²) in [5.41, 5.74) is 1.86. The van der Waals surface area contributed by atoms with E-state index in [0.717, 1.165) is 30.3 Å². The highest BCUT2D eigenvalue weighted by Gasteiger charge is 2.12. The highest BCUT2D eigenvalue weighted by Crippen LogP contribution is 2.19. The summed E-state index contributed by atoms with van der Waals surface area (Å²) < 4.78 is 0. The van der Waals surface area contributed by atoms with Crippen molar-refractivity contribution in [2.75, 3.05) is 23.3 Å². The molecular weight excluding hydrogens is 252 g/mol. The third kappa shape index (κ3) is 2.99. The monoisotopic (exact) mass is 270 g/mol. The molecule has 0 amide bonds. The Morgan fingerprint density at radius 2 is 1.90 bits per heavy atom. The number of aromatic nitrogens is 2. The van der Waals surface area contributed by atoms with E-state index in [-0.39, 0.29) is 5.75 Å². The van der Waals surface area contributed by atoms with Crippen molar-refractivity contribution in [3.8, 4) is 5.75 Å². The third-order valence-corrected chi connectivity index (χ3v) is 3.46. The van der Waals surface area contributed by atoms with Crippen molar-refractivity contribution >= 4 is 11.5 Å². The van der Waals surface area contributed by atoms with Gasteiger partial charge in [-0.15, -0.1) is 0 Å². The van der Waals surface area contributed by atoms with Crippen molar-refractivity contribution in [2.24, 2.45) is 0 Å². The Hall–Kier alpha value is -2.30. The Kier molecular flexibility index (Phi) is 3.67. The fourth-order valence-electron chi connectivity index (χ4n) is 2.34. The van der Waals surface area contributed by atoms with Crippen molar-refractivity contribution in [3.63, 3.8) is 0 Å². The first-order chi connectivity index (χ1) is 9.81. The Bertz CT molecular complexity index is 547. The summed E-state index contributed by atoms with van der Waals surface area (Å²) in [6, 6.07) is 7.53. The normalized spacial score (nSPS) is 14.5. The van der Waals surface area contributed by atoms with Gasteiger partial charge in [0.15, 0.2) is 0 Å². The number of pyridine rings is 2. The highest BCUT2D eigenvalue weighted by atomic mass is 16.3. The molecule has 0 unspecified atom stereocenters. The summed E-state index contributed by atoms with van der Waals surface area (Å²) >= 11 is 0. The van der Waals surface area contributed by atoms with Crippen LogP contribution in [0, 0.1) is 0 Å². The molecule has 3 heterocycles. The lowest BCUT2D eigenvalue weighted by Crippen LogP contribution is -2.18. The van der Waals surface area contributed by atoms with Gasteiger partial charge in [-0.1, -0.05) is 0 Å². The van der Waals surface area contributed by atoms with E-state index in [9.17, 15) is 5.11 Å². The lowest BCUT2D eigenvalue weighted by Gasteiger charge is -2.16. The van der Waals surface area contributed by atoms with Crippen molar-refractivity contribution < 1.29 is 5.11 Å². The fraction of sp³-hybridized carbons (Fsp3) is 0.333. The van der Waals surface area contributed by atoms with Crippen LogP contribution in [0.15, 0.2) is 36.7 Å². The van der Waals surface area contributed by atoms with Gasteiger partial charge in [0.05, 0.1) is 30.3 Å². The number of aromatic hydroxyl groups is 1. The number of nitrogens with one attached hydrogen (secondary N) is 1. The van der Waals surface area contributed by atoms with E-state index in [0.29, 0.717) is 6.54 Å². The van der Waals surface area contributed by atoms with Crippen molar-refractivity contribution in [3.05, 3.63) is 42.4 Å². The standard InChI is InChI=1S/C15H18N4O/c20-14-5-3-12(17-11-14)9-16-13-4-6-15(18-10-13)19-7-1-2-8-19/h3-6,10-11,16,20H,1-2,7-9H2. The summed E-state index contributed by atoms with van der Waals surface area (Å²) in [7, 11) is 0. The smallest absolute Gasteiger partial charge is 0.133 e. The van der Waals surface area contributed by atoms with Gasteiger partial charge in [-0.2, -0.15) is 0 Å². The van der Waals surface area contributed by atoms with Crippen LogP contribution in [0.5, 0.6) is 5.75 Å². The molecule has 1 saturated heterocycles. The first-order valence-electron chi connectivity index (χ1n) is 6.90. The average molecular weight is 270 g/mol. The zero-order valence-corrected chi connectivity index (χ0v) is 11.3. The van der Waals surface area contributed by atoms with Crippen molar-refractivity contribution in [2.45, 2.75) is 19.4 Å². The minimum Gasteiger partial charge on any atom is -0.506 e. The van der Waals surface area contributed by atoms with Crippen LogP contribution >= 0.6 is 0 Å². The predicted octanol–water partition coefficient (Wildman–Crippen LogP) is 2.39. The number of nitrogens with zero attached hydrogens (tertiary/aromatic N) is 3. The van der Waals surface area contributed by atoms with Gasteiger partial charge in [-0.05, 0) is 37.1 Å². The number of hydrogen-bond donors (Lipinski definition) is 2. The molecule has 2 aromatic heterocycles. The van der Waals surface area contributed by atoms with E-state index in [1.165, 1.54) is 19.0 Å². The fourth-order valence-corrected chi connectivity index (χ4v) is 2.34. The van der Waals surface area contributed by atoms with Crippen molar-refractivity contribution in [1.82, 2.24) is 9.97 Å². The lowest BCUT2D eigenvalue weighted by atomic mass is 10.3. The predicted molar refractivity (Wildman–Crippen MR) is 78.9 cm³/mol. The van der Waals surface area contributed by atoms with Crippen LogP contribution in [0.1, 0.15) is 18.5 Å². The molecule has 0 aromatic carbocycles. The van der Waals surface area contributed by atoms with Gasteiger partial charge in [0.1, 0.15) is 11.6 Å². The maximum Gasteiger partial charge on any atom is 0.133 e. The summed E-state index contributed by atoms with van der Waals surface area (Å²) in [6.45, 7) is 2.83. The van der Waals surface area contributed by atoms with Gasteiger partial charge in [0.25, 0.3) is 0 Å². The molecular formula is C15H18N4O. The summed E-state index contributed by atoms with van der Waals surface area (Å²) in [5, 5.41) is 12.5. The van der Waals surface area contributed by atoms with Crippen molar-refractivity contribution in [1.29, 1.82) is 0 Å². The molecule has 2 aromatic rings. The Labute approximate surface area is 118 Å². The molecule has 0 aliphatic carbocycles. The SMILES string of the molecule is Oc1ccc(CNc2ccc(N3CCCC3)nc2)nc1. The first kappa shape index (κ1) is 12.7. The quantitative estimate of drug-likeness (QED) is 0.893. The van der Waals surface area contributed by atoms with E-state index < -0.39 is 0 Å². The maximum absolute atomic E-state index is 9.18. The highest BCUT2D eigenvalue weighted by molar-refractivity contribution is 5.49. The lowest BCUT2D eigenvalue weighted by molar-refractivity contribution is 0.472.